The lowest BCUT2D eigenvalue weighted by Crippen LogP contribution is -2.37. The third kappa shape index (κ3) is 2.71. The molecule has 2 heterocycles. The van der Waals surface area contributed by atoms with Crippen molar-refractivity contribution in [3.8, 4) is 0 Å². The summed E-state index contributed by atoms with van der Waals surface area (Å²) in [5.74, 6) is 2.45. The van der Waals surface area contributed by atoms with Crippen molar-refractivity contribution in [3.05, 3.63) is 30.0 Å². The van der Waals surface area contributed by atoms with Crippen molar-refractivity contribution in [3.63, 3.8) is 0 Å². The summed E-state index contributed by atoms with van der Waals surface area (Å²) >= 11 is 1.94. The highest BCUT2D eigenvalue weighted by Gasteiger charge is 2.19. The Kier molecular flexibility index (Phi) is 3.38. The zero-order valence-electron chi connectivity index (χ0n) is 10.5. The maximum Gasteiger partial charge on any atom is 0.287 e. The average molecular weight is 276 g/mol. The number of hydrogen-bond donors (Lipinski definition) is 2. The number of carbonyl (C=O) groups is 1. The van der Waals surface area contributed by atoms with E-state index in [-0.39, 0.29) is 11.9 Å². The van der Waals surface area contributed by atoms with Crippen molar-refractivity contribution < 1.29 is 9.21 Å². The molecule has 1 saturated heterocycles. The van der Waals surface area contributed by atoms with E-state index in [2.05, 4.69) is 5.32 Å². The van der Waals surface area contributed by atoms with E-state index in [1.807, 2.05) is 17.8 Å². The van der Waals surface area contributed by atoms with E-state index < -0.39 is 0 Å². The molecule has 1 amide bonds. The van der Waals surface area contributed by atoms with Crippen LogP contribution in [0.25, 0.3) is 11.0 Å². The Balaban J connectivity index is 1.77. The van der Waals surface area contributed by atoms with Crippen LogP contribution in [0.5, 0.6) is 0 Å². The van der Waals surface area contributed by atoms with Gasteiger partial charge in [-0.05, 0) is 48.6 Å². The number of fused-ring (bicyclic) bond motifs is 1. The van der Waals surface area contributed by atoms with Gasteiger partial charge in [-0.1, -0.05) is 0 Å². The lowest BCUT2D eigenvalue weighted by molar-refractivity contribution is 0.0909. The first kappa shape index (κ1) is 12.4. The Morgan fingerprint density at radius 2 is 2.11 bits per heavy atom. The van der Waals surface area contributed by atoms with Gasteiger partial charge >= 0.3 is 0 Å². The predicted octanol–water partition coefficient (Wildman–Crippen LogP) is 2.64. The molecule has 19 heavy (non-hydrogen) atoms. The number of benzene rings is 1. The fourth-order valence-corrected chi connectivity index (χ4v) is 3.38. The van der Waals surface area contributed by atoms with Crippen molar-refractivity contribution in [2.24, 2.45) is 0 Å². The zero-order chi connectivity index (χ0) is 13.2. The third-order valence-electron chi connectivity index (χ3n) is 3.32. The lowest BCUT2D eigenvalue weighted by atomic mass is 10.1. The van der Waals surface area contributed by atoms with Crippen LogP contribution in [0.15, 0.2) is 28.7 Å². The molecule has 0 radical (unpaired) electrons. The average Bonchev–Trinajstić information content (AvgIpc) is 2.83. The number of rotatable bonds is 2. The highest BCUT2D eigenvalue weighted by Crippen LogP contribution is 2.22. The monoisotopic (exact) mass is 276 g/mol. The topological polar surface area (TPSA) is 68.3 Å². The van der Waals surface area contributed by atoms with E-state index >= 15 is 0 Å². The second-order valence-corrected chi connectivity index (χ2v) is 5.99. The summed E-state index contributed by atoms with van der Waals surface area (Å²) in [5, 5.41) is 3.90. The molecule has 2 aromatic rings. The molecule has 0 saturated carbocycles. The number of furan rings is 1. The van der Waals surface area contributed by atoms with Gasteiger partial charge in [-0.2, -0.15) is 11.8 Å². The fourth-order valence-electron chi connectivity index (χ4n) is 2.27. The largest absolute Gasteiger partial charge is 0.451 e. The zero-order valence-corrected chi connectivity index (χ0v) is 11.3. The fraction of sp³-hybridized carbons (Fsp3) is 0.357. The first-order valence-electron chi connectivity index (χ1n) is 6.40. The smallest absolute Gasteiger partial charge is 0.287 e. The molecule has 0 atom stereocenters. The second-order valence-electron chi connectivity index (χ2n) is 4.77. The van der Waals surface area contributed by atoms with Crippen molar-refractivity contribution in [2.75, 3.05) is 17.2 Å². The van der Waals surface area contributed by atoms with Crippen LogP contribution < -0.4 is 11.1 Å². The second kappa shape index (κ2) is 5.17. The summed E-state index contributed by atoms with van der Waals surface area (Å²) in [5.41, 5.74) is 7.08. The van der Waals surface area contributed by atoms with Gasteiger partial charge in [-0.25, -0.2) is 0 Å². The van der Waals surface area contributed by atoms with E-state index in [1.54, 1.807) is 18.2 Å². The summed E-state index contributed by atoms with van der Waals surface area (Å²) in [7, 11) is 0. The van der Waals surface area contributed by atoms with Gasteiger partial charge in [0.1, 0.15) is 5.58 Å². The van der Waals surface area contributed by atoms with Crippen LogP contribution in [0.4, 0.5) is 5.69 Å². The first-order valence-corrected chi connectivity index (χ1v) is 7.55. The van der Waals surface area contributed by atoms with E-state index in [4.69, 9.17) is 10.2 Å². The maximum atomic E-state index is 12.1. The van der Waals surface area contributed by atoms with Gasteiger partial charge in [0, 0.05) is 17.1 Å². The van der Waals surface area contributed by atoms with E-state index in [1.165, 1.54) is 0 Å². The van der Waals surface area contributed by atoms with Crippen molar-refractivity contribution in [1.82, 2.24) is 5.32 Å². The number of thioether (sulfide) groups is 1. The number of nitrogens with two attached hydrogens (primary N) is 1. The Bertz CT molecular complexity index is 603. The molecular formula is C14H16N2O2S. The molecule has 0 bridgehead atoms. The first-order chi connectivity index (χ1) is 9.22. The normalized spacial score (nSPS) is 16.6. The Hall–Kier alpha value is -1.62. The Morgan fingerprint density at radius 3 is 2.89 bits per heavy atom. The van der Waals surface area contributed by atoms with Crippen LogP contribution in [-0.4, -0.2) is 23.5 Å². The standard InChI is InChI=1S/C14H16N2O2S/c15-10-1-2-12-9(7-10)8-13(18-12)14(17)16-11-3-5-19-6-4-11/h1-2,7-8,11H,3-6,15H2,(H,16,17). The molecule has 0 aliphatic carbocycles. The van der Waals surface area contributed by atoms with Gasteiger partial charge in [0.2, 0.25) is 0 Å². The SMILES string of the molecule is Nc1ccc2oc(C(=O)NC3CCSCC3)cc2c1. The summed E-state index contributed by atoms with van der Waals surface area (Å²) in [6.07, 6.45) is 2.06. The molecule has 3 rings (SSSR count). The number of nitrogen functional groups attached to an aromatic ring is 1. The minimum atomic E-state index is -0.133. The molecule has 1 aromatic carbocycles. The van der Waals surface area contributed by atoms with Crippen LogP contribution in [-0.2, 0) is 0 Å². The summed E-state index contributed by atoms with van der Waals surface area (Å²) in [4.78, 5) is 12.1. The molecule has 1 aliphatic heterocycles. The molecule has 3 N–H and O–H groups in total. The number of carbonyl (C=O) groups excluding carboxylic acids is 1. The van der Waals surface area contributed by atoms with Crippen LogP contribution in [0, 0.1) is 0 Å². The highest BCUT2D eigenvalue weighted by molar-refractivity contribution is 7.99. The molecule has 100 valence electrons. The molecule has 5 heteroatoms. The molecule has 1 aromatic heterocycles. The predicted molar refractivity (Wildman–Crippen MR) is 78.4 cm³/mol. The van der Waals surface area contributed by atoms with Crippen LogP contribution in [0.2, 0.25) is 0 Å². The molecule has 4 nitrogen and oxygen atoms in total. The van der Waals surface area contributed by atoms with Crippen molar-refractivity contribution >= 4 is 34.3 Å². The molecular weight excluding hydrogens is 260 g/mol. The van der Waals surface area contributed by atoms with Crippen molar-refractivity contribution in [1.29, 1.82) is 0 Å². The van der Waals surface area contributed by atoms with Crippen LogP contribution in [0.3, 0.4) is 0 Å². The van der Waals surface area contributed by atoms with E-state index in [9.17, 15) is 4.79 Å². The van der Waals surface area contributed by atoms with Gasteiger partial charge in [0.05, 0.1) is 0 Å². The molecule has 1 fully saturated rings. The van der Waals surface area contributed by atoms with Gasteiger partial charge in [0.25, 0.3) is 5.91 Å². The molecule has 1 aliphatic rings. The van der Waals surface area contributed by atoms with Crippen LogP contribution >= 0.6 is 11.8 Å². The highest BCUT2D eigenvalue weighted by atomic mass is 32.2. The van der Waals surface area contributed by atoms with Gasteiger partial charge < -0.3 is 15.5 Å². The maximum absolute atomic E-state index is 12.1. The summed E-state index contributed by atoms with van der Waals surface area (Å²) in [6.45, 7) is 0. The molecule has 0 unspecified atom stereocenters. The third-order valence-corrected chi connectivity index (χ3v) is 4.37. The van der Waals surface area contributed by atoms with Crippen LogP contribution in [0.1, 0.15) is 23.4 Å². The number of amides is 1. The number of nitrogens with one attached hydrogen (secondary N) is 1. The minimum absolute atomic E-state index is 0.133. The number of hydrogen-bond acceptors (Lipinski definition) is 4. The summed E-state index contributed by atoms with van der Waals surface area (Å²) < 4.78 is 5.55. The Morgan fingerprint density at radius 1 is 1.32 bits per heavy atom. The van der Waals surface area contributed by atoms with Crippen molar-refractivity contribution in [2.45, 2.75) is 18.9 Å². The summed E-state index contributed by atoms with van der Waals surface area (Å²) in [6, 6.07) is 7.39. The minimum Gasteiger partial charge on any atom is -0.451 e. The van der Waals surface area contributed by atoms with Gasteiger partial charge in [-0.15, -0.1) is 0 Å². The van der Waals surface area contributed by atoms with E-state index in [0.717, 1.165) is 29.7 Å². The molecule has 0 spiro atoms. The quantitative estimate of drug-likeness (QED) is 0.827. The lowest BCUT2D eigenvalue weighted by Gasteiger charge is -2.21. The van der Waals surface area contributed by atoms with E-state index in [0.29, 0.717) is 17.0 Å². The van der Waals surface area contributed by atoms with Gasteiger partial charge in [-0.3, -0.25) is 4.79 Å². The van der Waals surface area contributed by atoms with Gasteiger partial charge in [0.15, 0.2) is 5.76 Å². The Labute approximate surface area is 115 Å². The number of anilines is 1.